The van der Waals surface area contributed by atoms with Crippen molar-refractivity contribution in [3.63, 3.8) is 0 Å². The first kappa shape index (κ1) is 39.3. The van der Waals surface area contributed by atoms with Crippen LogP contribution in [0.25, 0.3) is 22.7 Å². The van der Waals surface area contributed by atoms with E-state index in [0.29, 0.717) is 30.3 Å². The number of benzene rings is 5. The molecular formula is C52H51BrN4O5. The summed E-state index contributed by atoms with van der Waals surface area (Å²) in [6, 6.07) is 24.9. The van der Waals surface area contributed by atoms with E-state index in [1.54, 1.807) is 0 Å². The Labute approximate surface area is 369 Å². The number of hydrogen-bond acceptors (Lipinski definition) is 7. The van der Waals surface area contributed by atoms with Crippen LogP contribution in [0, 0.1) is 6.92 Å². The monoisotopic (exact) mass is 890 g/mol. The summed E-state index contributed by atoms with van der Waals surface area (Å²) in [6.45, 7) is 7.53. The van der Waals surface area contributed by atoms with Crippen molar-refractivity contribution in [3.05, 3.63) is 149 Å². The number of nitrogens with zero attached hydrogens (tertiary/aromatic N) is 3. The molecule has 0 fully saturated rings. The standard InChI is InChI=1S/C52H51BrN4O5/c1-31-39(43-24-33(29-58)12-17-46(43)57(31)28-32-10-15-38(53)16-11-32)18-19-54-52(59)36-13-14-37(30-61-60)42(27-36)47-44-25-34-6-2-20-55-22-4-8-40(48(34)55)50(44)62-51-41-9-5-23-56-21-3-7-35(49(41)56)26-45(47)51/h10-17,24-27,30,58,60H,2-9,18-23,28-29H2,1H3,(H,54,59). The molecule has 5 aromatic carbocycles. The van der Waals surface area contributed by atoms with E-state index in [1.165, 1.54) is 45.5 Å². The van der Waals surface area contributed by atoms with E-state index in [1.807, 2.05) is 24.3 Å². The first-order chi connectivity index (χ1) is 30.4. The van der Waals surface area contributed by atoms with Crippen LogP contribution in [0.5, 0.6) is 11.5 Å². The van der Waals surface area contributed by atoms with Crippen LogP contribution in [-0.4, -0.2) is 53.6 Å². The van der Waals surface area contributed by atoms with Crippen LogP contribution in [0.2, 0.25) is 0 Å². The maximum atomic E-state index is 14.3. The normalized spacial score (nSPS) is 16.4. The predicted molar refractivity (Wildman–Crippen MR) is 248 cm³/mol. The Hall–Kier alpha value is -5.55. The lowest BCUT2D eigenvalue weighted by Crippen LogP contribution is -2.37. The number of carbonyl (C=O) groups is 1. The fourth-order valence-electron chi connectivity index (χ4n) is 11.3. The summed E-state index contributed by atoms with van der Waals surface area (Å²) >= 11 is 3.56. The molecule has 62 heavy (non-hydrogen) atoms. The number of anilines is 2. The second-order valence-electron chi connectivity index (χ2n) is 17.7. The molecule has 1 amide bonds. The quantitative estimate of drug-likeness (QED) is 0.105. The number of hydrogen-bond donors (Lipinski definition) is 3. The number of nitrogens with one attached hydrogen (secondary N) is 1. The average molecular weight is 892 g/mol. The Morgan fingerprint density at radius 1 is 0.806 bits per heavy atom. The van der Waals surface area contributed by atoms with Crippen molar-refractivity contribution >= 4 is 56.0 Å². The molecule has 6 aromatic rings. The van der Waals surface area contributed by atoms with E-state index in [4.69, 9.17) is 9.62 Å². The largest absolute Gasteiger partial charge is 0.455 e. The molecule has 0 spiro atoms. The molecule has 10 heteroatoms. The van der Waals surface area contributed by atoms with Crippen molar-refractivity contribution in [2.75, 3.05) is 42.5 Å². The molecule has 3 N–H and O–H groups in total. The molecule has 0 radical (unpaired) electrons. The van der Waals surface area contributed by atoms with Gasteiger partial charge >= 0.3 is 0 Å². The zero-order valence-corrected chi connectivity index (χ0v) is 36.7. The Balaban J connectivity index is 1.01. The first-order valence-electron chi connectivity index (χ1n) is 22.3. The zero-order valence-electron chi connectivity index (χ0n) is 35.2. The average Bonchev–Trinajstić information content (AvgIpc) is 3.55. The number of aliphatic hydroxyl groups is 1. The van der Waals surface area contributed by atoms with Crippen LogP contribution in [-0.2, 0) is 50.1 Å². The minimum atomic E-state index is -0.171. The summed E-state index contributed by atoms with van der Waals surface area (Å²) in [6.07, 6.45) is 10.4. The molecule has 0 aliphatic carbocycles. The van der Waals surface area contributed by atoms with E-state index in [-0.39, 0.29) is 12.5 Å². The Morgan fingerprint density at radius 2 is 1.44 bits per heavy atom. The van der Waals surface area contributed by atoms with E-state index < -0.39 is 0 Å². The molecule has 5 aliphatic rings. The van der Waals surface area contributed by atoms with Crippen LogP contribution in [0.4, 0.5) is 11.4 Å². The molecule has 9 nitrogen and oxygen atoms in total. The minimum absolute atomic E-state index is 0.0370. The predicted octanol–water partition coefficient (Wildman–Crippen LogP) is 8.20. The highest BCUT2D eigenvalue weighted by molar-refractivity contribution is 9.10. The van der Waals surface area contributed by atoms with Gasteiger partial charge in [-0.1, -0.05) is 40.2 Å². The minimum Gasteiger partial charge on any atom is -0.455 e. The van der Waals surface area contributed by atoms with E-state index >= 15 is 0 Å². The lowest BCUT2D eigenvalue weighted by molar-refractivity contribution is -0.162. The van der Waals surface area contributed by atoms with E-state index in [2.05, 4.69) is 91.1 Å². The van der Waals surface area contributed by atoms with Gasteiger partial charge in [0.1, 0.15) is 17.8 Å². The highest BCUT2D eigenvalue weighted by Crippen LogP contribution is 2.54. The van der Waals surface area contributed by atoms with Gasteiger partial charge < -0.3 is 34.4 Å². The summed E-state index contributed by atoms with van der Waals surface area (Å²) in [5, 5.41) is 25.8. The van der Waals surface area contributed by atoms with Gasteiger partial charge in [-0.15, -0.1) is 0 Å². The number of carbonyl (C=O) groups excluding carboxylic acids is 1. The molecule has 0 saturated heterocycles. The van der Waals surface area contributed by atoms with Crippen molar-refractivity contribution < 1.29 is 24.8 Å². The third-order valence-electron chi connectivity index (χ3n) is 14.1. The number of aliphatic hydroxyl groups excluding tert-OH is 1. The molecule has 0 atom stereocenters. The van der Waals surface area contributed by atoms with Gasteiger partial charge in [-0.3, -0.25) is 4.79 Å². The number of amides is 1. The summed E-state index contributed by atoms with van der Waals surface area (Å²) in [7, 11) is 0. The summed E-state index contributed by atoms with van der Waals surface area (Å²) in [5.74, 6) is 1.70. The van der Waals surface area contributed by atoms with Crippen LogP contribution >= 0.6 is 15.9 Å². The highest BCUT2D eigenvalue weighted by atomic mass is 79.9. The number of aromatic nitrogens is 1. The van der Waals surface area contributed by atoms with E-state index in [9.17, 15) is 15.2 Å². The molecule has 0 unspecified atom stereocenters. The van der Waals surface area contributed by atoms with Crippen LogP contribution in [0.1, 0.15) is 91.8 Å². The molecular weight excluding hydrogens is 840 g/mol. The van der Waals surface area contributed by atoms with Gasteiger partial charge in [-0.05, 0) is 146 Å². The lowest BCUT2D eigenvalue weighted by Gasteiger charge is -2.41. The smallest absolute Gasteiger partial charge is 0.251 e. The highest BCUT2D eigenvalue weighted by Gasteiger charge is 2.37. The zero-order chi connectivity index (χ0) is 42.1. The number of aryl methyl sites for hydroxylation is 2. The maximum absolute atomic E-state index is 14.3. The summed E-state index contributed by atoms with van der Waals surface area (Å²) in [5.41, 5.74) is 17.1. The summed E-state index contributed by atoms with van der Waals surface area (Å²) < 4.78 is 10.6. The Bertz CT molecular complexity index is 2850. The van der Waals surface area contributed by atoms with Gasteiger partial charge in [0.2, 0.25) is 0 Å². The van der Waals surface area contributed by atoms with Crippen molar-refractivity contribution in [3.8, 4) is 11.5 Å². The number of halogens is 1. The van der Waals surface area contributed by atoms with Gasteiger partial charge in [0.15, 0.2) is 0 Å². The number of ether oxygens (including phenoxy) is 1. The maximum Gasteiger partial charge on any atom is 0.251 e. The second kappa shape index (κ2) is 16.0. The van der Waals surface area contributed by atoms with Gasteiger partial charge in [-0.2, -0.15) is 0 Å². The molecule has 0 saturated carbocycles. The summed E-state index contributed by atoms with van der Waals surface area (Å²) in [4.78, 5) is 24.2. The van der Waals surface area contributed by atoms with Crippen molar-refractivity contribution in [1.29, 1.82) is 0 Å². The first-order valence-corrected chi connectivity index (χ1v) is 23.1. The van der Waals surface area contributed by atoms with Crippen molar-refractivity contribution in [1.82, 2.24) is 9.88 Å². The molecule has 6 heterocycles. The van der Waals surface area contributed by atoms with Gasteiger partial charge in [-0.25, -0.2) is 5.26 Å². The third kappa shape index (κ3) is 6.61. The third-order valence-corrected chi connectivity index (χ3v) is 14.6. The molecule has 11 rings (SSSR count). The lowest BCUT2D eigenvalue weighted by atomic mass is 9.80. The molecule has 5 aliphatic heterocycles. The Morgan fingerprint density at radius 3 is 2.06 bits per heavy atom. The molecule has 0 bridgehead atoms. The van der Waals surface area contributed by atoms with Gasteiger partial charge in [0, 0.05) is 110 Å². The van der Waals surface area contributed by atoms with Crippen LogP contribution in [0.15, 0.2) is 77.3 Å². The number of fused-ring (bicyclic) bond motifs is 5. The number of rotatable bonds is 8. The fourth-order valence-corrected chi connectivity index (χ4v) is 11.5. The van der Waals surface area contributed by atoms with Gasteiger partial charge in [0.05, 0.1) is 6.61 Å². The van der Waals surface area contributed by atoms with Gasteiger partial charge in [0.25, 0.3) is 5.91 Å². The second-order valence-corrected chi connectivity index (χ2v) is 18.6. The van der Waals surface area contributed by atoms with Crippen molar-refractivity contribution in [2.45, 2.75) is 77.9 Å². The van der Waals surface area contributed by atoms with E-state index in [0.717, 1.165) is 143 Å². The fraction of sp³-hybridized carbons (Fsp3) is 0.327. The van der Waals surface area contributed by atoms with Crippen LogP contribution < -0.4 is 30.3 Å². The van der Waals surface area contributed by atoms with Crippen LogP contribution in [0.3, 0.4) is 0 Å². The Kier molecular flexibility index (Phi) is 10.1. The SMILES string of the molecule is Cc1c(CCNC(=O)c2ccc(=COO)c(=C3c4cc5c6c(c4Oc4c3cc3c7c4CCCN7CCC3)CCCN6CCC5)c2)c2cc(CO)ccc2n1Cc1ccc(Br)cc1. The molecule has 1 aromatic heterocycles. The van der Waals surface area contributed by atoms with Crippen molar-refractivity contribution in [2.24, 2.45) is 0 Å². The topological polar surface area (TPSA) is 99.4 Å². The molecule has 316 valence electrons.